The third kappa shape index (κ3) is 2.09. The highest BCUT2D eigenvalue weighted by Crippen LogP contribution is 2.20. The van der Waals surface area contributed by atoms with E-state index in [9.17, 15) is 4.79 Å². The zero-order valence-electron chi connectivity index (χ0n) is 11.5. The Balaban J connectivity index is 2.11. The number of imidazole rings is 1. The molecule has 0 fully saturated rings. The molecule has 0 spiro atoms. The van der Waals surface area contributed by atoms with Crippen molar-refractivity contribution < 1.29 is 4.74 Å². The number of aromatic nitrogens is 2. The van der Waals surface area contributed by atoms with Gasteiger partial charge in [-0.15, -0.1) is 0 Å². The van der Waals surface area contributed by atoms with Gasteiger partial charge in [0.2, 0.25) is 0 Å². The van der Waals surface area contributed by atoms with Crippen molar-refractivity contribution >= 4 is 11.0 Å². The second kappa shape index (κ2) is 4.89. The lowest BCUT2D eigenvalue weighted by molar-refractivity contribution is 0.408. The number of methoxy groups -OCH3 is 1. The van der Waals surface area contributed by atoms with E-state index < -0.39 is 0 Å². The molecule has 0 bridgehead atoms. The summed E-state index contributed by atoms with van der Waals surface area (Å²) < 4.78 is 7.07. The van der Waals surface area contributed by atoms with Gasteiger partial charge in [-0.05, 0) is 30.7 Å². The number of hydrogen-bond acceptors (Lipinski definition) is 2. The molecule has 0 unspecified atom stereocenters. The number of aryl methyl sites for hydroxylation is 1. The van der Waals surface area contributed by atoms with E-state index in [4.69, 9.17) is 4.74 Å². The summed E-state index contributed by atoms with van der Waals surface area (Å²) >= 11 is 0. The highest BCUT2D eigenvalue weighted by molar-refractivity contribution is 5.76. The molecule has 0 saturated carbocycles. The normalized spacial score (nSPS) is 10.9. The van der Waals surface area contributed by atoms with Gasteiger partial charge in [0.05, 0.1) is 24.7 Å². The smallest absolute Gasteiger partial charge is 0.326 e. The molecule has 0 atom stereocenters. The van der Waals surface area contributed by atoms with Gasteiger partial charge in [-0.2, -0.15) is 0 Å². The fourth-order valence-corrected chi connectivity index (χ4v) is 2.44. The molecule has 2 aromatic carbocycles. The van der Waals surface area contributed by atoms with Crippen LogP contribution in [-0.2, 0) is 6.54 Å². The molecule has 0 saturated heterocycles. The maximum atomic E-state index is 12.1. The molecular weight excluding hydrogens is 252 g/mol. The van der Waals surface area contributed by atoms with Gasteiger partial charge in [0, 0.05) is 5.56 Å². The number of nitrogens with one attached hydrogen (secondary N) is 1. The number of para-hydroxylation sites is 1. The molecule has 102 valence electrons. The molecule has 3 rings (SSSR count). The molecule has 3 aromatic rings. The Kier molecular flexibility index (Phi) is 3.06. The van der Waals surface area contributed by atoms with Gasteiger partial charge in [0.1, 0.15) is 5.75 Å². The number of H-pyrrole nitrogens is 1. The number of hydrogen-bond donors (Lipinski definition) is 1. The van der Waals surface area contributed by atoms with Gasteiger partial charge < -0.3 is 9.72 Å². The van der Waals surface area contributed by atoms with E-state index in [0.717, 1.165) is 27.9 Å². The van der Waals surface area contributed by atoms with Crippen LogP contribution in [0.5, 0.6) is 5.75 Å². The Morgan fingerprint density at radius 2 is 2.00 bits per heavy atom. The maximum absolute atomic E-state index is 12.1. The molecule has 0 aliphatic carbocycles. The molecular formula is C16H16N2O2. The van der Waals surface area contributed by atoms with Crippen LogP contribution in [0.15, 0.2) is 47.3 Å². The van der Waals surface area contributed by atoms with E-state index >= 15 is 0 Å². The third-order valence-electron chi connectivity index (χ3n) is 3.45. The number of nitrogens with zero attached hydrogens (tertiary/aromatic N) is 1. The van der Waals surface area contributed by atoms with Gasteiger partial charge in [-0.25, -0.2) is 4.79 Å². The van der Waals surface area contributed by atoms with Gasteiger partial charge >= 0.3 is 5.69 Å². The van der Waals surface area contributed by atoms with E-state index in [2.05, 4.69) is 4.98 Å². The van der Waals surface area contributed by atoms with Crippen molar-refractivity contribution in [2.24, 2.45) is 0 Å². The summed E-state index contributed by atoms with van der Waals surface area (Å²) in [6.45, 7) is 2.50. The first-order valence-electron chi connectivity index (χ1n) is 6.50. The Bertz CT molecular complexity index is 815. The van der Waals surface area contributed by atoms with E-state index in [1.165, 1.54) is 0 Å². The summed E-state index contributed by atoms with van der Waals surface area (Å²) in [6, 6.07) is 13.7. The summed E-state index contributed by atoms with van der Waals surface area (Å²) in [7, 11) is 1.64. The van der Waals surface area contributed by atoms with Crippen LogP contribution in [-0.4, -0.2) is 16.7 Å². The average molecular weight is 268 g/mol. The van der Waals surface area contributed by atoms with Crippen molar-refractivity contribution in [3.8, 4) is 5.75 Å². The van der Waals surface area contributed by atoms with Crippen molar-refractivity contribution in [2.75, 3.05) is 7.11 Å². The molecule has 1 heterocycles. The first-order chi connectivity index (χ1) is 9.69. The summed E-state index contributed by atoms with van der Waals surface area (Å²) in [5.41, 5.74) is 3.79. The molecule has 0 aliphatic rings. The Morgan fingerprint density at radius 3 is 2.80 bits per heavy atom. The zero-order chi connectivity index (χ0) is 14.1. The van der Waals surface area contributed by atoms with Crippen molar-refractivity contribution in [1.29, 1.82) is 0 Å². The summed E-state index contributed by atoms with van der Waals surface area (Å²) in [4.78, 5) is 15.0. The number of benzene rings is 2. The van der Waals surface area contributed by atoms with Crippen LogP contribution in [0, 0.1) is 6.92 Å². The van der Waals surface area contributed by atoms with Crippen LogP contribution in [0.25, 0.3) is 11.0 Å². The second-order valence-electron chi connectivity index (χ2n) is 4.85. The minimum Gasteiger partial charge on any atom is -0.496 e. The average Bonchev–Trinajstić information content (AvgIpc) is 2.75. The fraction of sp³-hybridized carbons (Fsp3) is 0.188. The number of aromatic amines is 1. The van der Waals surface area contributed by atoms with Crippen LogP contribution >= 0.6 is 0 Å². The van der Waals surface area contributed by atoms with E-state index in [1.54, 1.807) is 11.7 Å². The second-order valence-corrected chi connectivity index (χ2v) is 4.85. The van der Waals surface area contributed by atoms with E-state index in [1.807, 2.05) is 49.4 Å². The summed E-state index contributed by atoms with van der Waals surface area (Å²) in [5, 5.41) is 0. The molecule has 4 heteroatoms. The Hall–Kier alpha value is -2.49. The highest BCUT2D eigenvalue weighted by atomic mass is 16.5. The van der Waals surface area contributed by atoms with E-state index in [-0.39, 0.29) is 5.69 Å². The van der Waals surface area contributed by atoms with Crippen LogP contribution in [0.4, 0.5) is 0 Å². The van der Waals surface area contributed by atoms with Gasteiger partial charge in [-0.3, -0.25) is 4.57 Å². The Labute approximate surface area is 116 Å². The molecule has 1 N–H and O–H groups in total. The molecule has 4 nitrogen and oxygen atoms in total. The van der Waals surface area contributed by atoms with Crippen LogP contribution in [0.3, 0.4) is 0 Å². The highest BCUT2D eigenvalue weighted by Gasteiger charge is 2.09. The topological polar surface area (TPSA) is 47.0 Å². The monoisotopic (exact) mass is 268 g/mol. The minimum absolute atomic E-state index is 0.100. The summed E-state index contributed by atoms with van der Waals surface area (Å²) in [6.07, 6.45) is 0. The quantitative estimate of drug-likeness (QED) is 0.794. The predicted octanol–water partition coefficient (Wildman–Crippen LogP) is 2.69. The van der Waals surface area contributed by atoms with Crippen LogP contribution in [0.2, 0.25) is 0 Å². The SMILES string of the molecule is COc1ccccc1Cn1c(=O)[nH]c2cc(C)ccc21. The maximum Gasteiger partial charge on any atom is 0.326 e. The van der Waals surface area contributed by atoms with Crippen molar-refractivity contribution in [3.63, 3.8) is 0 Å². The number of rotatable bonds is 3. The third-order valence-corrected chi connectivity index (χ3v) is 3.45. The predicted molar refractivity (Wildman–Crippen MR) is 79.4 cm³/mol. The van der Waals surface area contributed by atoms with E-state index in [0.29, 0.717) is 6.54 Å². The van der Waals surface area contributed by atoms with Crippen LogP contribution in [0.1, 0.15) is 11.1 Å². The first kappa shape index (κ1) is 12.5. The lowest BCUT2D eigenvalue weighted by Gasteiger charge is -2.09. The van der Waals surface area contributed by atoms with Gasteiger partial charge in [0.25, 0.3) is 0 Å². The van der Waals surface area contributed by atoms with Crippen molar-refractivity contribution in [3.05, 3.63) is 64.1 Å². The first-order valence-corrected chi connectivity index (χ1v) is 6.50. The molecule has 1 aromatic heterocycles. The molecule has 0 radical (unpaired) electrons. The zero-order valence-corrected chi connectivity index (χ0v) is 11.5. The van der Waals surface area contributed by atoms with Crippen molar-refractivity contribution in [2.45, 2.75) is 13.5 Å². The lowest BCUT2D eigenvalue weighted by atomic mass is 10.2. The molecule has 0 amide bonds. The number of fused-ring (bicyclic) bond motifs is 1. The number of ether oxygens (including phenoxy) is 1. The van der Waals surface area contributed by atoms with Gasteiger partial charge in [0.15, 0.2) is 0 Å². The minimum atomic E-state index is -0.100. The Morgan fingerprint density at radius 1 is 1.20 bits per heavy atom. The van der Waals surface area contributed by atoms with Crippen molar-refractivity contribution in [1.82, 2.24) is 9.55 Å². The fourth-order valence-electron chi connectivity index (χ4n) is 2.44. The lowest BCUT2D eigenvalue weighted by Crippen LogP contribution is -2.17. The standard InChI is InChI=1S/C16H16N2O2/c1-11-7-8-14-13(9-11)17-16(19)18(14)10-12-5-3-4-6-15(12)20-2/h3-9H,10H2,1-2H3,(H,17,19). The summed E-state index contributed by atoms with van der Waals surface area (Å²) in [5.74, 6) is 0.792. The molecule has 0 aliphatic heterocycles. The molecule has 20 heavy (non-hydrogen) atoms. The largest absolute Gasteiger partial charge is 0.496 e. The van der Waals surface area contributed by atoms with Crippen LogP contribution < -0.4 is 10.4 Å². The van der Waals surface area contributed by atoms with Gasteiger partial charge in [-0.1, -0.05) is 24.3 Å².